The predicted octanol–water partition coefficient (Wildman–Crippen LogP) is 2.01. The molecule has 1 saturated heterocycles. The van der Waals surface area contributed by atoms with Crippen molar-refractivity contribution in [2.24, 2.45) is 0 Å². The van der Waals surface area contributed by atoms with Gasteiger partial charge < -0.3 is 19.3 Å². The molecule has 1 aromatic heterocycles. The summed E-state index contributed by atoms with van der Waals surface area (Å²) in [4.78, 5) is 6.67. The quantitative estimate of drug-likeness (QED) is 0.831. The van der Waals surface area contributed by atoms with E-state index in [9.17, 15) is 0 Å². The summed E-state index contributed by atoms with van der Waals surface area (Å²) in [5.74, 6) is 2.77. The zero-order chi connectivity index (χ0) is 16.8. The Kier molecular flexibility index (Phi) is 5.66. The van der Waals surface area contributed by atoms with Crippen molar-refractivity contribution in [3.05, 3.63) is 36.0 Å². The number of ether oxygens (including phenoxy) is 2. The highest BCUT2D eigenvalue weighted by molar-refractivity contribution is 5.31. The van der Waals surface area contributed by atoms with E-state index in [0.717, 1.165) is 44.2 Å². The average Bonchev–Trinajstić information content (AvgIpc) is 3.08. The van der Waals surface area contributed by atoms with Gasteiger partial charge in [0.2, 0.25) is 0 Å². The van der Waals surface area contributed by atoms with Gasteiger partial charge in [-0.2, -0.15) is 4.98 Å². The Hall–Kier alpha value is -2.12. The third-order valence-corrected chi connectivity index (χ3v) is 3.95. The first-order valence-corrected chi connectivity index (χ1v) is 8.35. The lowest BCUT2D eigenvalue weighted by molar-refractivity contribution is 0.189. The van der Waals surface area contributed by atoms with Crippen molar-refractivity contribution in [3.8, 4) is 11.5 Å². The number of hydrogen-bond donors (Lipinski definition) is 1. The van der Waals surface area contributed by atoms with Crippen molar-refractivity contribution in [1.29, 1.82) is 0 Å². The summed E-state index contributed by atoms with van der Waals surface area (Å²) < 4.78 is 16.5. The van der Waals surface area contributed by atoms with Crippen LogP contribution in [0.4, 0.5) is 0 Å². The van der Waals surface area contributed by atoms with Crippen molar-refractivity contribution < 1.29 is 14.0 Å². The number of nitrogens with zero attached hydrogens (tertiary/aromatic N) is 3. The Labute approximate surface area is 141 Å². The molecule has 0 bridgehead atoms. The Bertz CT molecular complexity index is 629. The summed E-state index contributed by atoms with van der Waals surface area (Å²) in [6.07, 6.45) is 0.990. The molecule has 2 aromatic rings. The van der Waals surface area contributed by atoms with Gasteiger partial charge >= 0.3 is 0 Å². The van der Waals surface area contributed by atoms with Gasteiger partial charge in [-0.05, 0) is 37.7 Å². The summed E-state index contributed by atoms with van der Waals surface area (Å²) in [5.41, 5.74) is 0. The molecule has 2 heterocycles. The molecular formula is C17H24N4O3. The smallest absolute Gasteiger partial charge is 0.264 e. The van der Waals surface area contributed by atoms with Crippen LogP contribution in [-0.2, 0) is 6.61 Å². The van der Waals surface area contributed by atoms with Crippen molar-refractivity contribution in [2.75, 3.05) is 33.3 Å². The summed E-state index contributed by atoms with van der Waals surface area (Å²) in [7, 11) is 2.07. The van der Waals surface area contributed by atoms with Gasteiger partial charge in [-0.25, -0.2) is 0 Å². The fourth-order valence-corrected chi connectivity index (χ4v) is 2.55. The molecule has 1 unspecified atom stereocenters. The maximum Gasteiger partial charge on any atom is 0.264 e. The molecule has 1 aromatic carbocycles. The number of hydrogen-bond acceptors (Lipinski definition) is 7. The number of benzene rings is 1. The van der Waals surface area contributed by atoms with Crippen LogP contribution in [0.5, 0.6) is 11.5 Å². The minimum atomic E-state index is 0.145. The first-order chi connectivity index (χ1) is 11.8. The van der Waals surface area contributed by atoms with Crippen molar-refractivity contribution in [1.82, 2.24) is 20.4 Å². The topological polar surface area (TPSA) is 72.7 Å². The van der Waals surface area contributed by atoms with Crippen molar-refractivity contribution >= 4 is 0 Å². The Morgan fingerprint density at radius 3 is 2.71 bits per heavy atom. The highest BCUT2D eigenvalue weighted by atomic mass is 16.5. The summed E-state index contributed by atoms with van der Waals surface area (Å²) >= 11 is 0. The second-order valence-corrected chi connectivity index (χ2v) is 5.86. The second-order valence-electron chi connectivity index (χ2n) is 5.86. The Balaban J connectivity index is 1.53. The molecule has 0 saturated carbocycles. The number of nitrogens with one attached hydrogen (secondary N) is 1. The fourth-order valence-electron chi connectivity index (χ4n) is 2.55. The summed E-state index contributed by atoms with van der Waals surface area (Å²) in [6, 6.07) is 7.69. The van der Waals surface area contributed by atoms with E-state index in [0.29, 0.717) is 11.7 Å². The van der Waals surface area contributed by atoms with Gasteiger partial charge in [-0.15, -0.1) is 0 Å². The Morgan fingerprint density at radius 1 is 1.25 bits per heavy atom. The van der Waals surface area contributed by atoms with E-state index in [-0.39, 0.29) is 12.6 Å². The molecule has 7 heteroatoms. The Morgan fingerprint density at radius 2 is 2.00 bits per heavy atom. The first kappa shape index (κ1) is 16.7. The lowest BCUT2D eigenvalue weighted by Gasteiger charge is -2.30. The molecule has 130 valence electrons. The molecule has 7 nitrogen and oxygen atoms in total. The third-order valence-electron chi connectivity index (χ3n) is 3.95. The van der Waals surface area contributed by atoms with E-state index in [1.54, 1.807) is 0 Å². The molecule has 0 spiro atoms. The summed E-state index contributed by atoms with van der Waals surface area (Å²) in [6.45, 7) is 5.84. The maximum atomic E-state index is 5.70. The van der Waals surface area contributed by atoms with E-state index in [1.807, 2.05) is 24.3 Å². The third kappa shape index (κ3) is 4.24. The molecule has 1 fully saturated rings. The van der Waals surface area contributed by atoms with E-state index in [4.69, 9.17) is 14.0 Å². The van der Waals surface area contributed by atoms with Crippen LogP contribution in [0.2, 0.25) is 0 Å². The average molecular weight is 332 g/mol. The van der Waals surface area contributed by atoms with Gasteiger partial charge in [0.1, 0.15) is 11.5 Å². The number of piperazine rings is 1. The molecule has 0 amide bonds. The van der Waals surface area contributed by atoms with Gasteiger partial charge in [0.15, 0.2) is 12.4 Å². The lowest BCUT2D eigenvalue weighted by atomic mass is 10.2. The molecule has 0 radical (unpaired) electrons. The molecule has 24 heavy (non-hydrogen) atoms. The van der Waals surface area contributed by atoms with Crippen LogP contribution in [0.15, 0.2) is 28.8 Å². The van der Waals surface area contributed by atoms with Crippen LogP contribution in [0.1, 0.15) is 31.1 Å². The molecule has 1 aliphatic rings. The van der Waals surface area contributed by atoms with Crippen LogP contribution in [0.3, 0.4) is 0 Å². The first-order valence-electron chi connectivity index (χ1n) is 8.35. The van der Waals surface area contributed by atoms with Gasteiger partial charge in [0.05, 0.1) is 12.6 Å². The number of aromatic nitrogens is 2. The van der Waals surface area contributed by atoms with E-state index >= 15 is 0 Å². The number of likely N-dealkylation sites (N-methyl/N-ethyl adjacent to an activating group) is 1. The second kappa shape index (κ2) is 8.12. The van der Waals surface area contributed by atoms with Gasteiger partial charge in [0.25, 0.3) is 5.89 Å². The number of rotatable bonds is 7. The molecular weight excluding hydrogens is 308 g/mol. The van der Waals surface area contributed by atoms with E-state index < -0.39 is 0 Å². The summed E-state index contributed by atoms with van der Waals surface area (Å²) in [5, 5.41) is 7.43. The van der Waals surface area contributed by atoms with Crippen molar-refractivity contribution in [3.63, 3.8) is 0 Å². The molecule has 1 atom stereocenters. The normalized spacial score (nSPS) is 18.5. The lowest BCUT2D eigenvalue weighted by Crippen LogP contribution is -2.44. The molecule has 3 rings (SSSR count). The van der Waals surface area contributed by atoms with Gasteiger partial charge in [0, 0.05) is 19.6 Å². The monoisotopic (exact) mass is 332 g/mol. The molecule has 1 aliphatic heterocycles. The zero-order valence-electron chi connectivity index (χ0n) is 14.2. The standard InChI is InChI=1S/C17H24N4O3/c1-3-10-22-13-4-6-14(7-5-13)23-12-16-19-17(20-24-16)15-11-18-8-9-21(15)2/h4-7,15,18H,3,8-12H2,1-2H3. The fraction of sp³-hybridized carbons (Fsp3) is 0.529. The van der Waals surface area contributed by atoms with Crippen molar-refractivity contribution in [2.45, 2.75) is 26.0 Å². The van der Waals surface area contributed by atoms with Crippen LogP contribution < -0.4 is 14.8 Å². The predicted molar refractivity (Wildman–Crippen MR) is 89.1 cm³/mol. The maximum absolute atomic E-state index is 5.70. The van der Waals surface area contributed by atoms with Gasteiger partial charge in [-0.3, -0.25) is 4.90 Å². The highest BCUT2D eigenvalue weighted by Gasteiger charge is 2.25. The zero-order valence-corrected chi connectivity index (χ0v) is 14.2. The van der Waals surface area contributed by atoms with E-state index in [1.165, 1.54) is 0 Å². The molecule has 0 aliphatic carbocycles. The van der Waals surface area contributed by atoms with E-state index in [2.05, 4.69) is 34.3 Å². The minimum absolute atomic E-state index is 0.145. The largest absolute Gasteiger partial charge is 0.494 e. The molecule has 1 N–H and O–H groups in total. The van der Waals surface area contributed by atoms with Crippen LogP contribution in [-0.4, -0.2) is 48.3 Å². The highest BCUT2D eigenvalue weighted by Crippen LogP contribution is 2.20. The van der Waals surface area contributed by atoms with Gasteiger partial charge in [-0.1, -0.05) is 12.1 Å². The SMILES string of the molecule is CCCOc1ccc(OCc2nc(C3CNCCN3C)no2)cc1. The van der Waals surface area contributed by atoms with Crippen LogP contribution in [0.25, 0.3) is 0 Å². The van der Waals surface area contributed by atoms with Crippen LogP contribution >= 0.6 is 0 Å². The van der Waals surface area contributed by atoms with Crippen LogP contribution in [0, 0.1) is 0 Å². The minimum Gasteiger partial charge on any atom is -0.494 e.